The molecule has 0 bridgehead atoms. The Kier molecular flexibility index (Phi) is 3.26. The molecule has 0 saturated carbocycles. The number of amides is 1. The standard InChI is InChI=1S/C15H13ClFN2O/c1-19-8-9-3-2-4-11(9)14(19)15(20)18-10-5-6-13(17)12(16)7-10/h3,5-8H,2,4H2,1H3,(H,18,20). The van der Waals surface area contributed by atoms with E-state index in [4.69, 9.17) is 11.6 Å². The largest absolute Gasteiger partial charge is 0.346 e. The zero-order valence-electron chi connectivity index (χ0n) is 10.9. The summed E-state index contributed by atoms with van der Waals surface area (Å²) in [6, 6.07) is 4.14. The first-order valence-corrected chi connectivity index (χ1v) is 6.72. The van der Waals surface area contributed by atoms with Crippen molar-refractivity contribution in [3.8, 4) is 0 Å². The van der Waals surface area contributed by atoms with Crippen LogP contribution in [-0.2, 0) is 13.5 Å². The monoisotopic (exact) mass is 291 g/mol. The van der Waals surface area contributed by atoms with Crippen molar-refractivity contribution in [3.63, 3.8) is 0 Å². The van der Waals surface area contributed by atoms with Gasteiger partial charge in [-0.15, -0.1) is 0 Å². The van der Waals surface area contributed by atoms with Crippen LogP contribution in [0.4, 0.5) is 10.1 Å². The zero-order valence-corrected chi connectivity index (χ0v) is 11.7. The van der Waals surface area contributed by atoms with Gasteiger partial charge in [0.2, 0.25) is 0 Å². The summed E-state index contributed by atoms with van der Waals surface area (Å²) in [6.07, 6.45) is 5.92. The summed E-state index contributed by atoms with van der Waals surface area (Å²) in [5.41, 5.74) is 3.32. The van der Waals surface area contributed by atoms with Gasteiger partial charge in [-0.25, -0.2) is 4.39 Å². The van der Waals surface area contributed by atoms with E-state index in [1.165, 1.54) is 18.2 Å². The molecule has 1 aliphatic rings. The van der Waals surface area contributed by atoms with Crippen LogP contribution in [0.1, 0.15) is 28.0 Å². The van der Waals surface area contributed by atoms with Crippen LogP contribution in [0.5, 0.6) is 0 Å². The molecule has 1 N–H and O–H groups in total. The average Bonchev–Trinajstić information content (AvgIpc) is 2.93. The molecule has 3 nitrogen and oxygen atoms in total. The van der Waals surface area contributed by atoms with E-state index in [0.29, 0.717) is 11.4 Å². The van der Waals surface area contributed by atoms with Gasteiger partial charge < -0.3 is 9.88 Å². The fourth-order valence-electron chi connectivity index (χ4n) is 2.57. The molecule has 1 aromatic heterocycles. The molecule has 1 heterocycles. The SMILES string of the molecule is Cn1cc2c(c1C(=O)Nc1ccc(F)c(Cl)c1)CC[CH]2. The van der Waals surface area contributed by atoms with Crippen molar-refractivity contribution in [3.05, 3.63) is 58.5 Å². The molecule has 3 rings (SSSR count). The number of anilines is 1. The van der Waals surface area contributed by atoms with Crippen molar-refractivity contribution in [1.82, 2.24) is 4.57 Å². The van der Waals surface area contributed by atoms with Gasteiger partial charge in [0.25, 0.3) is 5.91 Å². The minimum atomic E-state index is -0.501. The van der Waals surface area contributed by atoms with Gasteiger partial charge in [0, 0.05) is 18.9 Å². The molecule has 0 unspecified atom stereocenters. The molecule has 1 radical (unpaired) electrons. The fraction of sp³-hybridized carbons (Fsp3) is 0.200. The van der Waals surface area contributed by atoms with Crippen LogP contribution in [-0.4, -0.2) is 10.5 Å². The molecule has 1 aliphatic carbocycles. The Balaban J connectivity index is 1.88. The molecule has 0 spiro atoms. The van der Waals surface area contributed by atoms with E-state index in [-0.39, 0.29) is 10.9 Å². The lowest BCUT2D eigenvalue weighted by molar-refractivity contribution is 0.101. The normalized spacial score (nSPS) is 13.3. The Labute approximate surface area is 121 Å². The topological polar surface area (TPSA) is 34.0 Å². The smallest absolute Gasteiger partial charge is 0.272 e. The minimum Gasteiger partial charge on any atom is -0.346 e. The maximum Gasteiger partial charge on any atom is 0.272 e. The molecule has 0 saturated heterocycles. The summed E-state index contributed by atoms with van der Waals surface area (Å²) in [7, 11) is 1.85. The number of hydrogen-bond acceptors (Lipinski definition) is 1. The Bertz CT molecular complexity index is 693. The summed E-state index contributed by atoms with van der Waals surface area (Å²) in [5.74, 6) is -0.703. The number of aryl methyl sites for hydroxylation is 1. The lowest BCUT2D eigenvalue weighted by Crippen LogP contribution is -2.17. The van der Waals surface area contributed by atoms with E-state index in [1.807, 2.05) is 17.8 Å². The molecule has 1 aromatic carbocycles. The average molecular weight is 292 g/mol. The second kappa shape index (κ2) is 4.94. The van der Waals surface area contributed by atoms with Gasteiger partial charge in [0.05, 0.1) is 5.02 Å². The van der Waals surface area contributed by atoms with Gasteiger partial charge in [0.15, 0.2) is 0 Å². The number of carbonyl (C=O) groups is 1. The van der Waals surface area contributed by atoms with Crippen LogP contribution in [0.2, 0.25) is 5.02 Å². The van der Waals surface area contributed by atoms with Crippen LogP contribution in [0.3, 0.4) is 0 Å². The van der Waals surface area contributed by atoms with E-state index in [2.05, 4.69) is 11.7 Å². The second-order valence-corrected chi connectivity index (χ2v) is 5.26. The van der Waals surface area contributed by atoms with E-state index in [0.717, 1.165) is 24.0 Å². The number of benzene rings is 1. The third-order valence-electron chi connectivity index (χ3n) is 3.47. The van der Waals surface area contributed by atoms with Gasteiger partial charge in [-0.2, -0.15) is 0 Å². The molecule has 20 heavy (non-hydrogen) atoms. The Morgan fingerprint density at radius 1 is 1.45 bits per heavy atom. The van der Waals surface area contributed by atoms with Crippen molar-refractivity contribution < 1.29 is 9.18 Å². The van der Waals surface area contributed by atoms with Gasteiger partial charge >= 0.3 is 0 Å². The van der Waals surface area contributed by atoms with Crippen LogP contribution in [0.25, 0.3) is 0 Å². The third-order valence-corrected chi connectivity index (χ3v) is 3.76. The molecular formula is C15H13ClFN2O. The van der Waals surface area contributed by atoms with Crippen LogP contribution in [0.15, 0.2) is 24.4 Å². The number of nitrogens with zero attached hydrogens (tertiary/aromatic N) is 1. The summed E-state index contributed by atoms with van der Waals surface area (Å²) in [6.45, 7) is 0. The highest BCUT2D eigenvalue weighted by Crippen LogP contribution is 2.29. The van der Waals surface area contributed by atoms with Gasteiger partial charge in [-0.3, -0.25) is 4.79 Å². The molecule has 0 atom stereocenters. The van der Waals surface area contributed by atoms with Crippen LogP contribution in [0, 0.1) is 12.2 Å². The van der Waals surface area contributed by atoms with E-state index < -0.39 is 5.82 Å². The molecule has 5 heteroatoms. The first kappa shape index (κ1) is 13.2. The summed E-state index contributed by atoms with van der Waals surface area (Å²) < 4.78 is 14.9. The fourth-order valence-corrected chi connectivity index (χ4v) is 2.75. The molecular weight excluding hydrogens is 279 g/mol. The number of nitrogens with one attached hydrogen (secondary N) is 1. The van der Waals surface area contributed by atoms with Crippen molar-refractivity contribution in [2.45, 2.75) is 12.8 Å². The number of halogens is 2. The van der Waals surface area contributed by atoms with E-state index >= 15 is 0 Å². The predicted molar refractivity (Wildman–Crippen MR) is 76.5 cm³/mol. The Morgan fingerprint density at radius 3 is 3.00 bits per heavy atom. The number of hydrogen-bond donors (Lipinski definition) is 1. The molecule has 1 amide bonds. The summed E-state index contributed by atoms with van der Waals surface area (Å²) in [5, 5.41) is 2.75. The maximum atomic E-state index is 13.1. The van der Waals surface area contributed by atoms with Gasteiger partial charge in [-0.1, -0.05) is 11.6 Å². The quantitative estimate of drug-likeness (QED) is 0.902. The second-order valence-electron chi connectivity index (χ2n) is 4.85. The highest BCUT2D eigenvalue weighted by atomic mass is 35.5. The number of carbonyl (C=O) groups excluding carboxylic acids is 1. The van der Waals surface area contributed by atoms with Crippen molar-refractivity contribution in [1.29, 1.82) is 0 Å². The van der Waals surface area contributed by atoms with Crippen molar-refractivity contribution in [2.24, 2.45) is 7.05 Å². The highest BCUT2D eigenvalue weighted by molar-refractivity contribution is 6.31. The third kappa shape index (κ3) is 2.20. The van der Waals surface area contributed by atoms with Crippen molar-refractivity contribution >= 4 is 23.2 Å². The zero-order chi connectivity index (χ0) is 14.3. The number of rotatable bonds is 2. The van der Waals surface area contributed by atoms with E-state index in [1.54, 1.807) is 0 Å². The highest BCUT2D eigenvalue weighted by Gasteiger charge is 2.23. The lowest BCUT2D eigenvalue weighted by Gasteiger charge is -2.08. The minimum absolute atomic E-state index is 0.00626. The number of fused-ring (bicyclic) bond motifs is 1. The summed E-state index contributed by atoms with van der Waals surface area (Å²) in [4.78, 5) is 12.4. The molecule has 0 fully saturated rings. The Hall–Kier alpha value is -1.81. The Morgan fingerprint density at radius 2 is 2.25 bits per heavy atom. The van der Waals surface area contributed by atoms with Crippen LogP contribution >= 0.6 is 11.6 Å². The summed E-state index contributed by atoms with van der Waals surface area (Å²) >= 11 is 5.71. The van der Waals surface area contributed by atoms with E-state index in [9.17, 15) is 9.18 Å². The first-order valence-electron chi connectivity index (χ1n) is 6.34. The first-order chi connectivity index (χ1) is 9.56. The van der Waals surface area contributed by atoms with Crippen molar-refractivity contribution in [2.75, 3.05) is 5.32 Å². The molecule has 103 valence electrons. The molecule has 2 aromatic rings. The predicted octanol–water partition coefficient (Wildman–Crippen LogP) is 3.57. The van der Waals surface area contributed by atoms with Crippen LogP contribution < -0.4 is 5.32 Å². The lowest BCUT2D eigenvalue weighted by atomic mass is 10.1. The number of aromatic nitrogens is 1. The molecule has 0 aliphatic heterocycles. The van der Waals surface area contributed by atoms with Gasteiger partial charge in [0.1, 0.15) is 11.5 Å². The maximum absolute atomic E-state index is 13.1. The van der Waals surface area contributed by atoms with Gasteiger partial charge in [-0.05, 0) is 48.6 Å².